The van der Waals surface area contributed by atoms with E-state index < -0.39 is 0 Å². The fraction of sp³-hybridized carbons (Fsp3) is 1.00. The van der Waals surface area contributed by atoms with Crippen molar-refractivity contribution in [2.75, 3.05) is 19.6 Å². The third kappa shape index (κ3) is 6.27. The Labute approximate surface area is 121 Å². The first-order chi connectivity index (χ1) is 9.04. The maximum absolute atomic E-state index is 3.76. The SMILES string of the molecule is CCCCCC(C)(C)CNCC1(CCC)CCCN1. The first-order valence-corrected chi connectivity index (χ1v) is 8.49. The second-order valence-corrected chi connectivity index (χ2v) is 7.29. The highest BCUT2D eigenvalue weighted by molar-refractivity contribution is 4.94. The van der Waals surface area contributed by atoms with Gasteiger partial charge in [0.05, 0.1) is 0 Å². The summed E-state index contributed by atoms with van der Waals surface area (Å²) in [6, 6.07) is 0. The predicted molar refractivity (Wildman–Crippen MR) is 85.7 cm³/mol. The first-order valence-electron chi connectivity index (χ1n) is 8.49. The van der Waals surface area contributed by atoms with Crippen LogP contribution in [0.1, 0.15) is 79.1 Å². The molecule has 2 heteroatoms. The predicted octanol–water partition coefficient (Wildman–Crippen LogP) is 4.10. The van der Waals surface area contributed by atoms with Crippen LogP contribution in [0, 0.1) is 5.41 Å². The highest BCUT2D eigenvalue weighted by atomic mass is 15.1. The molecule has 2 N–H and O–H groups in total. The summed E-state index contributed by atoms with van der Waals surface area (Å²) in [6.07, 6.45) is 10.7. The molecular weight excluding hydrogens is 232 g/mol. The lowest BCUT2D eigenvalue weighted by atomic mass is 9.86. The molecule has 0 aliphatic carbocycles. The molecule has 1 saturated heterocycles. The van der Waals surface area contributed by atoms with Crippen molar-refractivity contribution in [3.05, 3.63) is 0 Å². The molecule has 0 amide bonds. The van der Waals surface area contributed by atoms with Crippen LogP contribution in [0.2, 0.25) is 0 Å². The molecule has 0 spiro atoms. The summed E-state index contributed by atoms with van der Waals surface area (Å²) in [7, 11) is 0. The van der Waals surface area contributed by atoms with Gasteiger partial charge in [-0.2, -0.15) is 0 Å². The molecule has 1 fully saturated rings. The van der Waals surface area contributed by atoms with Crippen molar-refractivity contribution in [2.24, 2.45) is 5.41 Å². The fourth-order valence-electron chi connectivity index (χ4n) is 3.38. The van der Waals surface area contributed by atoms with Crippen molar-refractivity contribution in [3.8, 4) is 0 Å². The lowest BCUT2D eigenvalue weighted by Gasteiger charge is -2.32. The van der Waals surface area contributed by atoms with Crippen LogP contribution in [0.3, 0.4) is 0 Å². The van der Waals surface area contributed by atoms with E-state index in [1.165, 1.54) is 57.9 Å². The van der Waals surface area contributed by atoms with Gasteiger partial charge in [0.15, 0.2) is 0 Å². The van der Waals surface area contributed by atoms with Crippen LogP contribution in [0.4, 0.5) is 0 Å². The van der Waals surface area contributed by atoms with Crippen molar-refractivity contribution in [1.82, 2.24) is 10.6 Å². The zero-order chi connectivity index (χ0) is 14.2. The van der Waals surface area contributed by atoms with Crippen LogP contribution in [0.25, 0.3) is 0 Å². The van der Waals surface area contributed by atoms with Gasteiger partial charge in [0.2, 0.25) is 0 Å². The van der Waals surface area contributed by atoms with Gasteiger partial charge in [-0.25, -0.2) is 0 Å². The van der Waals surface area contributed by atoms with Gasteiger partial charge in [-0.15, -0.1) is 0 Å². The number of hydrogen-bond donors (Lipinski definition) is 2. The van der Waals surface area contributed by atoms with Crippen LogP contribution in [0.5, 0.6) is 0 Å². The van der Waals surface area contributed by atoms with Crippen LogP contribution < -0.4 is 10.6 Å². The number of unbranched alkanes of at least 4 members (excludes halogenated alkanes) is 2. The fourth-order valence-corrected chi connectivity index (χ4v) is 3.38. The lowest BCUT2D eigenvalue weighted by Crippen LogP contribution is -2.49. The molecule has 114 valence electrons. The summed E-state index contributed by atoms with van der Waals surface area (Å²) in [5, 5.41) is 7.50. The van der Waals surface area contributed by atoms with E-state index in [-0.39, 0.29) is 0 Å². The van der Waals surface area contributed by atoms with E-state index in [1.807, 2.05) is 0 Å². The van der Waals surface area contributed by atoms with Gasteiger partial charge >= 0.3 is 0 Å². The van der Waals surface area contributed by atoms with Crippen molar-refractivity contribution in [2.45, 2.75) is 84.6 Å². The molecule has 1 atom stereocenters. The topological polar surface area (TPSA) is 24.1 Å². The standard InChI is InChI=1S/C17H36N2/c1-5-7-8-11-16(3,4)14-18-15-17(10-6-2)12-9-13-19-17/h18-19H,5-15H2,1-4H3. The zero-order valence-corrected chi connectivity index (χ0v) is 13.8. The summed E-state index contributed by atoms with van der Waals surface area (Å²) in [5.74, 6) is 0. The molecule has 1 heterocycles. The molecule has 1 aliphatic heterocycles. The van der Waals surface area contributed by atoms with Gasteiger partial charge in [-0.1, -0.05) is 53.4 Å². The van der Waals surface area contributed by atoms with Crippen molar-refractivity contribution < 1.29 is 0 Å². The van der Waals surface area contributed by atoms with E-state index in [1.54, 1.807) is 0 Å². The molecule has 1 unspecified atom stereocenters. The molecule has 0 bridgehead atoms. The Hall–Kier alpha value is -0.0800. The average molecular weight is 268 g/mol. The van der Waals surface area contributed by atoms with E-state index in [9.17, 15) is 0 Å². The Morgan fingerprint density at radius 1 is 1.16 bits per heavy atom. The quantitative estimate of drug-likeness (QED) is 0.583. The van der Waals surface area contributed by atoms with Gasteiger partial charge in [0.25, 0.3) is 0 Å². The number of rotatable bonds is 10. The Kier molecular flexibility index (Phi) is 7.38. The van der Waals surface area contributed by atoms with Gasteiger partial charge in [0, 0.05) is 18.6 Å². The van der Waals surface area contributed by atoms with Crippen LogP contribution in [-0.2, 0) is 0 Å². The van der Waals surface area contributed by atoms with E-state index in [2.05, 4.69) is 38.3 Å². The largest absolute Gasteiger partial charge is 0.314 e. The molecule has 0 radical (unpaired) electrons. The smallest absolute Gasteiger partial charge is 0.0306 e. The number of nitrogens with one attached hydrogen (secondary N) is 2. The Balaban J connectivity index is 2.27. The monoisotopic (exact) mass is 268 g/mol. The van der Waals surface area contributed by atoms with Gasteiger partial charge < -0.3 is 10.6 Å². The van der Waals surface area contributed by atoms with Crippen molar-refractivity contribution in [1.29, 1.82) is 0 Å². The normalized spacial score (nSPS) is 24.0. The summed E-state index contributed by atoms with van der Waals surface area (Å²) in [4.78, 5) is 0. The van der Waals surface area contributed by atoms with E-state index in [4.69, 9.17) is 0 Å². The Morgan fingerprint density at radius 3 is 2.53 bits per heavy atom. The average Bonchev–Trinajstić information content (AvgIpc) is 2.78. The zero-order valence-electron chi connectivity index (χ0n) is 13.8. The first kappa shape index (κ1) is 17.0. The summed E-state index contributed by atoms with van der Waals surface area (Å²) in [5.41, 5.74) is 0.843. The molecule has 0 aromatic carbocycles. The highest BCUT2D eigenvalue weighted by Crippen LogP contribution is 2.26. The molecule has 0 aromatic heterocycles. The van der Waals surface area contributed by atoms with E-state index in [0.29, 0.717) is 11.0 Å². The summed E-state index contributed by atoms with van der Waals surface area (Å²) < 4.78 is 0. The maximum atomic E-state index is 3.76. The highest BCUT2D eigenvalue weighted by Gasteiger charge is 2.32. The second kappa shape index (κ2) is 8.26. The van der Waals surface area contributed by atoms with Crippen molar-refractivity contribution in [3.63, 3.8) is 0 Å². The molecule has 2 nitrogen and oxygen atoms in total. The van der Waals surface area contributed by atoms with E-state index in [0.717, 1.165) is 13.1 Å². The Bertz CT molecular complexity index is 229. The Morgan fingerprint density at radius 2 is 1.95 bits per heavy atom. The minimum Gasteiger partial charge on any atom is -0.314 e. The molecule has 19 heavy (non-hydrogen) atoms. The van der Waals surface area contributed by atoms with Crippen LogP contribution in [0.15, 0.2) is 0 Å². The van der Waals surface area contributed by atoms with Gasteiger partial charge in [-0.05, 0) is 37.6 Å². The number of hydrogen-bond acceptors (Lipinski definition) is 2. The molecule has 1 rings (SSSR count). The minimum atomic E-state index is 0.397. The molecule has 0 saturated carbocycles. The van der Waals surface area contributed by atoms with Gasteiger partial charge in [0.1, 0.15) is 0 Å². The molecule has 0 aromatic rings. The summed E-state index contributed by atoms with van der Waals surface area (Å²) >= 11 is 0. The third-order valence-electron chi connectivity index (χ3n) is 4.58. The second-order valence-electron chi connectivity index (χ2n) is 7.29. The van der Waals surface area contributed by atoms with Gasteiger partial charge in [-0.3, -0.25) is 0 Å². The van der Waals surface area contributed by atoms with Crippen LogP contribution in [-0.4, -0.2) is 25.2 Å². The lowest BCUT2D eigenvalue weighted by molar-refractivity contribution is 0.266. The molecular formula is C17H36N2. The maximum Gasteiger partial charge on any atom is 0.0306 e. The third-order valence-corrected chi connectivity index (χ3v) is 4.58. The minimum absolute atomic E-state index is 0.397. The van der Waals surface area contributed by atoms with Crippen LogP contribution >= 0.6 is 0 Å². The van der Waals surface area contributed by atoms with E-state index >= 15 is 0 Å². The van der Waals surface area contributed by atoms with Crippen molar-refractivity contribution >= 4 is 0 Å². The summed E-state index contributed by atoms with van der Waals surface area (Å²) in [6.45, 7) is 12.9. The molecule has 1 aliphatic rings.